The van der Waals surface area contributed by atoms with Gasteiger partial charge in [0, 0.05) is 23.7 Å². The molecule has 1 atom stereocenters. The number of halogens is 3. The molecule has 1 aliphatic rings. The Bertz CT molecular complexity index is 721. The highest BCUT2D eigenvalue weighted by Crippen LogP contribution is 2.30. The molecule has 1 unspecified atom stereocenters. The van der Waals surface area contributed by atoms with Gasteiger partial charge >= 0.3 is 6.18 Å². The highest BCUT2D eigenvalue weighted by atomic mass is 19.4. The van der Waals surface area contributed by atoms with Crippen LogP contribution in [-0.2, 0) is 15.7 Å². The second kappa shape index (κ2) is 7.14. The fraction of sp³-hybridized carbons (Fsp3) is 0.278. The number of hydrogen-bond acceptors (Lipinski definition) is 3. The molecule has 0 radical (unpaired) electrons. The van der Waals surface area contributed by atoms with E-state index >= 15 is 0 Å². The van der Waals surface area contributed by atoms with E-state index in [1.807, 2.05) is 0 Å². The van der Waals surface area contributed by atoms with E-state index in [1.165, 1.54) is 12.1 Å². The first kappa shape index (κ1) is 17.3. The summed E-state index contributed by atoms with van der Waals surface area (Å²) in [4.78, 5) is 12.0. The number of amides is 1. The van der Waals surface area contributed by atoms with Crippen LogP contribution in [-0.4, -0.2) is 18.6 Å². The lowest BCUT2D eigenvalue weighted by atomic mass is 10.2. The van der Waals surface area contributed by atoms with Gasteiger partial charge in [-0.3, -0.25) is 4.79 Å². The van der Waals surface area contributed by atoms with Crippen LogP contribution in [0.3, 0.4) is 0 Å². The number of alkyl halides is 3. The van der Waals surface area contributed by atoms with E-state index in [0.29, 0.717) is 23.7 Å². The van der Waals surface area contributed by atoms with Crippen molar-refractivity contribution >= 4 is 23.0 Å². The molecule has 1 fully saturated rings. The van der Waals surface area contributed by atoms with Crippen molar-refractivity contribution in [3.05, 3.63) is 54.1 Å². The molecule has 0 bridgehead atoms. The highest BCUT2D eigenvalue weighted by Gasteiger charge is 2.29. The van der Waals surface area contributed by atoms with Crippen molar-refractivity contribution < 1.29 is 22.7 Å². The third-order valence-electron chi connectivity index (χ3n) is 3.88. The minimum absolute atomic E-state index is 0.166. The number of anilines is 3. The topological polar surface area (TPSA) is 50.4 Å². The number of hydrogen-bond donors (Lipinski definition) is 2. The van der Waals surface area contributed by atoms with Crippen LogP contribution in [0.5, 0.6) is 0 Å². The minimum atomic E-state index is -4.35. The van der Waals surface area contributed by atoms with Crippen LogP contribution >= 0.6 is 0 Å². The smallest absolute Gasteiger partial charge is 0.368 e. The SMILES string of the molecule is O=C(Nc1ccc(Nc2ccc(C(F)(F)F)cc2)cc1)C1CCCO1. The number of nitrogens with one attached hydrogen (secondary N) is 2. The summed E-state index contributed by atoms with van der Waals surface area (Å²) in [5.74, 6) is -0.166. The first-order chi connectivity index (χ1) is 11.9. The molecule has 2 aromatic carbocycles. The third-order valence-corrected chi connectivity index (χ3v) is 3.88. The fourth-order valence-corrected chi connectivity index (χ4v) is 2.55. The van der Waals surface area contributed by atoms with Crippen molar-refractivity contribution in [3.63, 3.8) is 0 Å². The summed E-state index contributed by atoms with van der Waals surface area (Å²) in [6.07, 6.45) is -3.14. The van der Waals surface area contributed by atoms with Crippen molar-refractivity contribution in [1.29, 1.82) is 0 Å². The quantitative estimate of drug-likeness (QED) is 0.849. The molecule has 0 aliphatic carbocycles. The van der Waals surface area contributed by atoms with Gasteiger partial charge in [-0.25, -0.2) is 0 Å². The largest absolute Gasteiger partial charge is 0.416 e. The summed E-state index contributed by atoms with van der Waals surface area (Å²) >= 11 is 0. The van der Waals surface area contributed by atoms with Crippen LogP contribution in [0.1, 0.15) is 18.4 Å². The molecule has 2 N–H and O–H groups in total. The molecule has 0 saturated carbocycles. The lowest BCUT2D eigenvalue weighted by Gasteiger charge is -2.12. The van der Waals surface area contributed by atoms with Crippen LogP contribution in [0.15, 0.2) is 48.5 Å². The van der Waals surface area contributed by atoms with Gasteiger partial charge in [-0.15, -0.1) is 0 Å². The second-order valence-electron chi connectivity index (χ2n) is 5.77. The molecule has 3 rings (SSSR count). The Morgan fingerprint density at radius 2 is 1.52 bits per heavy atom. The van der Waals surface area contributed by atoms with E-state index in [9.17, 15) is 18.0 Å². The maximum atomic E-state index is 12.5. The monoisotopic (exact) mass is 350 g/mol. The predicted octanol–water partition coefficient (Wildman–Crippen LogP) is 4.57. The summed E-state index contributed by atoms with van der Waals surface area (Å²) in [6, 6.07) is 11.7. The van der Waals surface area contributed by atoms with Crippen molar-refractivity contribution in [2.45, 2.75) is 25.1 Å². The molecule has 25 heavy (non-hydrogen) atoms. The average molecular weight is 350 g/mol. The van der Waals surface area contributed by atoms with E-state index in [0.717, 1.165) is 25.0 Å². The Hall–Kier alpha value is -2.54. The summed E-state index contributed by atoms with van der Waals surface area (Å²) in [5, 5.41) is 5.80. The zero-order chi connectivity index (χ0) is 17.9. The maximum Gasteiger partial charge on any atom is 0.416 e. The average Bonchev–Trinajstić information content (AvgIpc) is 3.11. The first-order valence-electron chi connectivity index (χ1n) is 7.89. The van der Waals surface area contributed by atoms with E-state index in [4.69, 9.17) is 4.74 Å². The van der Waals surface area contributed by atoms with Gasteiger partial charge in [0.25, 0.3) is 5.91 Å². The zero-order valence-corrected chi connectivity index (χ0v) is 13.3. The molecule has 132 valence electrons. The molecular weight excluding hydrogens is 333 g/mol. The van der Waals surface area contributed by atoms with Crippen molar-refractivity contribution in [2.24, 2.45) is 0 Å². The van der Waals surface area contributed by atoms with Crippen LogP contribution in [0.2, 0.25) is 0 Å². The minimum Gasteiger partial charge on any atom is -0.368 e. The lowest BCUT2D eigenvalue weighted by molar-refractivity contribution is -0.137. The van der Waals surface area contributed by atoms with E-state index < -0.39 is 17.8 Å². The molecular formula is C18H17F3N2O2. The van der Waals surface area contributed by atoms with Crippen LogP contribution in [0.25, 0.3) is 0 Å². The molecule has 0 aromatic heterocycles. The van der Waals surface area contributed by atoms with E-state index in [-0.39, 0.29) is 5.91 Å². The summed E-state index contributed by atoms with van der Waals surface area (Å²) in [6.45, 7) is 0.605. The molecule has 0 spiro atoms. The number of carbonyl (C=O) groups excluding carboxylic acids is 1. The summed E-state index contributed by atoms with van der Waals surface area (Å²) in [7, 11) is 0. The maximum absolute atomic E-state index is 12.5. The van der Waals surface area contributed by atoms with E-state index in [2.05, 4.69) is 10.6 Å². The Morgan fingerprint density at radius 3 is 2.04 bits per heavy atom. The van der Waals surface area contributed by atoms with Gasteiger partial charge in [-0.1, -0.05) is 0 Å². The van der Waals surface area contributed by atoms with Gasteiger partial charge in [0.2, 0.25) is 0 Å². The van der Waals surface area contributed by atoms with Crippen LogP contribution in [0.4, 0.5) is 30.2 Å². The highest BCUT2D eigenvalue weighted by molar-refractivity contribution is 5.94. The Kier molecular flexibility index (Phi) is 4.94. The molecule has 1 saturated heterocycles. The molecule has 7 heteroatoms. The standard InChI is InChI=1S/C18H17F3N2O2/c19-18(20,21)12-3-5-13(6-4-12)22-14-7-9-15(10-8-14)23-17(24)16-2-1-11-25-16/h3-10,16,22H,1-2,11H2,(H,23,24). The normalized spacial score (nSPS) is 17.3. The Balaban J connectivity index is 1.59. The van der Waals surface area contributed by atoms with Crippen LogP contribution in [0, 0.1) is 0 Å². The molecule has 1 heterocycles. The number of benzene rings is 2. The van der Waals surface area contributed by atoms with E-state index in [1.54, 1.807) is 24.3 Å². The molecule has 1 amide bonds. The Morgan fingerprint density at radius 1 is 0.960 bits per heavy atom. The molecule has 2 aromatic rings. The van der Waals surface area contributed by atoms with Crippen LogP contribution < -0.4 is 10.6 Å². The predicted molar refractivity (Wildman–Crippen MR) is 88.8 cm³/mol. The lowest BCUT2D eigenvalue weighted by Crippen LogP contribution is -2.26. The number of ether oxygens (including phenoxy) is 1. The van der Waals surface area contributed by atoms with Crippen molar-refractivity contribution in [2.75, 3.05) is 17.2 Å². The number of carbonyl (C=O) groups is 1. The van der Waals surface area contributed by atoms with Crippen molar-refractivity contribution in [1.82, 2.24) is 0 Å². The van der Waals surface area contributed by atoms with Gasteiger partial charge in [0.05, 0.1) is 5.56 Å². The molecule has 4 nitrogen and oxygen atoms in total. The summed E-state index contributed by atoms with van der Waals surface area (Å²) < 4.78 is 42.9. The first-order valence-corrected chi connectivity index (χ1v) is 7.89. The third kappa shape index (κ3) is 4.51. The van der Waals surface area contributed by atoms with Gasteiger partial charge in [-0.2, -0.15) is 13.2 Å². The summed E-state index contributed by atoms with van der Waals surface area (Å²) in [5.41, 5.74) is 1.20. The fourth-order valence-electron chi connectivity index (χ4n) is 2.55. The second-order valence-corrected chi connectivity index (χ2v) is 5.77. The van der Waals surface area contributed by atoms with Gasteiger partial charge in [0.1, 0.15) is 6.10 Å². The van der Waals surface area contributed by atoms with Gasteiger partial charge in [-0.05, 0) is 61.4 Å². The Labute approximate surface area is 143 Å². The van der Waals surface area contributed by atoms with Gasteiger partial charge < -0.3 is 15.4 Å². The van der Waals surface area contributed by atoms with Crippen molar-refractivity contribution in [3.8, 4) is 0 Å². The van der Waals surface area contributed by atoms with Gasteiger partial charge in [0.15, 0.2) is 0 Å². The number of rotatable bonds is 4. The zero-order valence-electron chi connectivity index (χ0n) is 13.3. The molecule has 1 aliphatic heterocycles.